The van der Waals surface area contributed by atoms with Crippen molar-refractivity contribution in [3.63, 3.8) is 0 Å². The maximum Gasteiger partial charge on any atom is 0.318 e. The molecule has 3 heterocycles. The molecule has 0 amide bonds. The van der Waals surface area contributed by atoms with E-state index in [1.54, 1.807) is 33.7 Å². The van der Waals surface area contributed by atoms with Gasteiger partial charge in [-0.3, -0.25) is 9.78 Å². The Balaban J connectivity index is 0.000000386. The molecule has 0 fully saturated rings. The molecule has 0 aliphatic heterocycles. The molecule has 10 nitrogen and oxygen atoms in total. The lowest BCUT2D eigenvalue weighted by Gasteiger charge is -2.12. The number of hydrogen-bond donors (Lipinski definition) is 0. The number of rotatable bonds is 5. The highest BCUT2D eigenvalue weighted by Crippen LogP contribution is 2.37. The molecular formula is C28H26N2O8S. The molecular weight excluding hydrogens is 524 g/mol. The molecule has 0 spiro atoms. The van der Waals surface area contributed by atoms with E-state index < -0.39 is 16.4 Å². The van der Waals surface area contributed by atoms with Crippen LogP contribution >= 0.6 is 0 Å². The molecule has 3 aromatic heterocycles. The predicted octanol–water partition coefficient (Wildman–Crippen LogP) is 4.14. The first-order valence-corrected chi connectivity index (χ1v) is 13.0. The minimum absolute atomic E-state index is 0.720. The fraction of sp³-hybridized carbons (Fsp3) is 0.179. The second kappa shape index (κ2) is 11.1. The molecule has 0 saturated heterocycles. The molecule has 5 aromatic rings. The van der Waals surface area contributed by atoms with Gasteiger partial charge in [-0.25, -0.2) is 8.42 Å². The number of ether oxygens (including phenoxy) is 3. The summed E-state index contributed by atoms with van der Waals surface area (Å²) in [6.07, 6.45) is 5.71. The van der Waals surface area contributed by atoms with E-state index in [0.717, 1.165) is 68.1 Å². The third-order valence-electron chi connectivity index (χ3n) is 6.12. The van der Waals surface area contributed by atoms with Gasteiger partial charge in [0.2, 0.25) is 5.52 Å². The second-order valence-electron chi connectivity index (χ2n) is 8.45. The molecule has 39 heavy (non-hydrogen) atoms. The van der Waals surface area contributed by atoms with Gasteiger partial charge in [0.15, 0.2) is 23.4 Å². The lowest BCUT2D eigenvalue weighted by molar-refractivity contribution is -0.516. The average Bonchev–Trinajstić information content (AvgIpc) is 2.91. The van der Waals surface area contributed by atoms with E-state index in [2.05, 4.69) is 51.0 Å². The van der Waals surface area contributed by atoms with Crippen LogP contribution in [0.3, 0.4) is 0 Å². The number of fused-ring (bicyclic) bond motifs is 4. The summed E-state index contributed by atoms with van der Waals surface area (Å²) in [5.74, 6) is 1.16. The number of pyridine rings is 3. The highest BCUT2D eigenvalue weighted by atomic mass is 32.3. The summed E-state index contributed by atoms with van der Waals surface area (Å²) in [6.45, 7) is 2.95. The number of nitrogens with zero attached hydrogens (tertiary/aromatic N) is 2. The molecule has 2 aromatic carbocycles. The van der Waals surface area contributed by atoms with Gasteiger partial charge in [0.1, 0.15) is 5.75 Å². The SMILES string of the molecule is CC(=O)OS(=O)(=O)[O-].COc1cc2cc3c4cc(-c5ccncc5)c(OC)cc4cc[n+]3c(C)c2cc1OC. The number of carbonyl (C=O) groups is 1. The third kappa shape index (κ3) is 5.84. The zero-order chi connectivity index (χ0) is 28.3. The lowest BCUT2D eigenvalue weighted by atomic mass is 9.99. The molecule has 202 valence electrons. The van der Waals surface area contributed by atoms with Gasteiger partial charge in [-0.1, -0.05) is 0 Å². The summed E-state index contributed by atoms with van der Waals surface area (Å²) in [6, 6.07) is 16.7. The van der Waals surface area contributed by atoms with E-state index in [0.29, 0.717) is 0 Å². The summed E-state index contributed by atoms with van der Waals surface area (Å²) in [4.78, 5) is 13.8. The van der Waals surface area contributed by atoms with Crippen LogP contribution in [0.25, 0.3) is 38.2 Å². The van der Waals surface area contributed by atoms with Crippen LogP contribution in [0.15, 0.2) is 67.1 Å². The Hall–Kier alpha value is -4.48. The molecule has 5 rings (SSSR count). The van der Waals surface area contributed by atoms with Crippen molar-refractivity contribution in [1.82, 2.24) is 4.98 Å². The van der Waals surface area contributed by atoms with E-state index in [4.69, 9.17) is 14.2 Å². The molecule has 0 N–H and O–H groups in total. The third-order valence-corrected chi connectivity index (χ3v) is 6.56. The maximum absolute atomic E-state index is 9.66. The van der Waals surface area contributed by atoms with Gasteiger partial charge in [-0.2, -0.15) is 4.40 Å². The highest BCUT2D eigenvalue weighted by molar-refractivity contribution is 7.81. The lowest BCUT2D eigenvalue weighted by Crippen LogP contribution is -2.25. The van der Waals surface area contributed by atoms with Crippen LogP contribution in [0.2, 0.25) is 0 Å². The van der Waals surface area contributed by atoms with Gasteiger partial charge in [-0.05, 0) is 52.7 Å². The quantitative estimate of drug-likeness (QED) is 0.104. The summed E-state index contributed by atoms with van der Waals surface area (Å²) in [7, 11) is 0.208. The van der Waals surface area contributed by atoms with E-state index in [-0.39, 0.29) is 0 Å². The van der Waals surface area contributed by atoms with Crippen LogP contribution < -0.4 is 18.6 Å². The molecule has 0 unspecified atom stereocenters. The van der Waals surface area contributed by atoms with Gasteiger partial charge < -0.3 is 22.9 Å². The van der Waals surface area contributed by atoms with Crippen LogP contribution in [-0.4, -0.2) is 45.3 Å². The summed E-state index contributed by atoms with van der Waals surface area (Å²) < 4.78 is 50.5. The van der Waals surface area contributed by atoms with Crippen LogP contribution in [0, 0.1) is 6.92 Å². The normalized spacial score (nSPS) is 11.1. The Morgan fingerprint density at radius 3 is 2.03 bits per heavy atom. The standard InChI is InChI=1S/C26H23N2O3.C2H4O5S/c1-16-20-15-26(31-4)25(30-3)13-19(20)11-23-21-14-22(17-5-8-27-9-6-17)24(29-2)12-18(21)7-10-28(16)23;1-2(3)7-8(4,5)6/h5-15H,1-4H3;1H3,(H,4,5,6)/q+1;/p-1. The van der Waals surface area contributed by atoms with Crippen LogP contribution in [0.1, 0.15) is 12.6 Å². The summed E-state index contributed by atoms with van der Waals surface area (Å²) in [5.41, 5.74) is 4.36. The highest BCUT2D eigenvalue weighted by Gasteiger charge is 2.19. The first-order chi connectivity index (χ1) is 18.6. The number of methoxy groups -OCH3 is 3. The van der Waals surface area contributed by atoms with Crippen molar-refractivity contribution < 1.29 is 40.6 Å². The zero-order valence-electron chi connectivity index (χ0n) is 21.9. The minimum Gasteiger partial charge on any atom is -0.716 e. The van der Waals surface area contributed by atoms with E-state index in [1.165, 1.54) is 0 Å². The van der Waals surface area contributed by atoms with E-state index >= 15 is 0 Å². The van der Waals surface area contributed by atoms with Crippen molar-refractivity contribution >= 4 is 43.4 Å². The van der Waals surface area contributed by atoms with Gasteiger partial charge in [0.05, 0.1) is 32.1 Å². The van der Waals surface area contributed by atoms with Crippen molar-refractivity contribution in [2.75, 3.05) is 21.3 Å². The van der Waals surface area contributed by atoms with Crippen molar-refractivity contribution in [3.8, 4) is 28.4 Å². The van der Waals surface area contributed by atoms with Gasteiger partial charge in [0.25, 0.3) is 10.4 Å². The van der Waals surface area contributed by atoms with Gasteiger partial charge >= 0.3 is 5.97 Å². The Morgan fingerprint density at radius 1 is 0.846 bits per heavy atom. The predicted molar refractivity (Wildman–Crippen MR) is 144 cm³/mol. The van der Waals surface area contributed by atoms with E-state index in [9.17, 15) is 17.8 Å². The Bertz CT molecular complexity index is 1810. The fourth-order valence-corrected chi connectivity index (χ4v) is 4.72. The zero-order valence-corrected chi connectivity index (χ0v) is 22.7. The Labute approximate surface area is 225 Å². The fourth-order valence-electron chi connectivity index (χ4n) is 4.43. The van der Waals surface area contributed by atoms with Crippen LogP contribution in [0.4, 0.5) is 0 Å². The second-order valence-corrected chi connectivity index (χ2v) is 9.44. The largest absolute Gasteiger partial charge is 0.716 e. The Morgan fingerprint density at radius 2 is 1.46 bits per heavy atom. The number of carbonyl (C=O) groups excluding carboxylic acids is 1. The summed E-state index contributed by atoms with van der Waals surface area (Å²) >= 11 is 0. The number of hydrogen-bond acceptors (Lipinski definition) is 9. The van der Waals surface area contributed by atoms with Crippen molar-refractivity contribution in [2.24, 2.45) is 0 Å². The molecule has 0 radical (unpaired) electrons. The first kappa shape index (κ1) is 27.6. The molecule has 11 heteroatoms. The van der Waals surface area contributed by atoms with E-state index in [1.807, 2.05) is 24.3 Å². The number of aryl methyl sites for hydroxylation is 1. The number of benzene rings is 2. The van der Waals surface area contributed by atoms with Crippen LogP contribution in [-0.2, 0) is 19.4 Å². The number of aromatic nitrogens is 2. The molecule has 0 bridgehead atoms. The maximum atomic E-state index is 9.66. The summed E-state index contributed by atoms with van der Waals surface area (Å²) in [5, 5.41) is 4.49. The monoisotopic (exact) mass is 550 g/mol. The van der Waals surface area contributed by atoms with Crippen molar-refractivity contribution in [2.45, 2.75) is 13.8 Å². The first-order valence-electron chi connectivity index (χ1n) is 11.6. The average molecular weight is 551 g/mol. The smallest absolute Gasteiger partial charge is 0.318 e. The molecule has 0 atom stereocenters. The Kier molecular flexibility index (Phi) is 7.84. The minimum atomic E-state index is -4.82. The van der Waals surface area contributed by atoms with Crippen LogP contribution in [0.5, 0.6) is 17.2 Å². The molecule has 0 saturated carbocycles. The van der Waals surface area contributed by atoms with Gasteiger partial charge in [0, 0.05) is 43.9 Å². The van der Waals surface area contributed by atoms with Crippen molar-refractivity contribution in [3.05, 3.63) is 72.8 Å². The van der Waals surface area contributed by atoms with Gasteiger partial charge in [-0.15, -0.1) is 0 Å². The molecule has 0 aliphatic rings. The van der Waals surface area contributed by atoms with Crippen molar-refractivity contribution in [1.29, 1.82) is 0 Å². The molecule has 0 aliphatic carbocycles. The topological polar surface area (TPSA) is 128 Å².